The zero-order valence-electron chi connectivity index (χ0n) is 11.0. The molecule has 2 N–H and O–H groups in total. The van der Waals surface area contributed by atoms with Crippen LogP contribution >= 0.6 is 0 Å². The summed E-state index contributed by atoms with van der Waals surface area (Å²) < 4.78 is 0. The van der Waals surface area contributed by atoms with Crippen molar-refractivity contribution in [2.45, 2.75) is 57.9 Å². The molecule has 1 amide bonds. The smallest absolute Gasteiger partial charge is 0.222 e. The maximum absolute atomic E-state index is 11.8. The molecule has 1 aliphatic carbocycles. The number of hydrogen-bond donors (Lipinski definition) is 1. The van der Waals surface area contributed by atoms with E-state index in [2.05, 4.69) is 0 Å². The first-order valence-corrected chi connectivity index (χ1v) is 6.41. The molecule has 0 aromatic rings. The van der Waals surface area contributed by atoms with Gasteiger partial charge in [0, 0.05) is 25.6 Å². The van der Waals surface area contributed by atoms with Crippen molar-refractivity contribution in [2.75, 3.05) is 13.6 Å². The number of nitrogens with two attached hydrogens (primary N) is 1. The van der Waals surface area contributed by atoms with E-state index in [1.54, 1.807) is 0 Å². The maximum atomic E-state index is 11.8. The van der Waals surface area contributed by atoms with Crippen LogP contribution in [0.25, 0.3) is 0 Å². The Morgan fingerprint density at radius 2 is 2.06 bits per heavy atom. The summed E-state index contributed by atoms with van der Waals surface area (Å²) in [5.41, 5.74) is 5.63. The first kappa shape index (κ1) is 13.5. The second-order valence-electron chi connectivity index (χ2n) is 5.89. The van der Waals surface area contributed by atoms with Gasteiger partial charge in [-0.25, -0.2) is 0 Å². The second-order valence-corrected chi connectivity index (χ2v) is 5.89. The van der Waals surface area contributed by atoms with Gasteiger partial charge in [-0.2, -0.15) is 0 Å². The minimum Gasteiger partial charge on any atom is -0.346 e. The molecule has 3 nitrogen and oxygen atoms in total. The number of carbonyl (C=O) groups excluding carboxylic acids is 1. The molecular formula is C13H26N2O. The van der Waals surface area contributed by atoms with Gasteiger partial charge in [-0.3, -0.25) is 4.79 Å². The van der Waals surface area contributed by atoms with Crippen LogP contribution in [-0.4, -0.2) is 29.9 Å². The molecule has 94 valence electrons. The summed E-state index contributed by atoms with van der Waals surface area (Å²) in [5, 5.41) is 0. The molecule has 16 heavy (non-hydrogen) atoms. The van der Waals surface area contributed by atoms with Gasteiger partial charge >= 0.3 is 0 Å². The fraction of sp³-hybridized carbons (Fsp3) is 0.923. The minimum atomic E-state index is -0.232. The Kier molecular flexibility index (Phi) is 4.78. The fourth-order valence-electron chi connectivity index (χ4n) is 1.90. The first-order chi connectivity index (χ1) is 7.38. The number of hydrogen-bond acceptors (Lipinski definition) is 2. The largest absolute Gasteiger partial charge is 0.346 e. The summed E-state index contributed by atoms with van der Waals surface area (Å²) in [4.78, 5) is 13.6. The molecule has 0 heterocycles. The topological polar surface area (TPSA) is 46.3 Å². The highest BCUT2D eigenvalue weighted by Gasteiger charge is 2.19. The van der Waals surface area contributed by atoms with Crippen LogP contribution in [0.15, 0.2) is 0 Å². The van der Waals surface area contributed by atoms with Crippen molar-refractivity contribution >= 4 is 5.91 Å². The van der Waals surface area contributed by atoms with Gasteiger partial charge in [0.25, 0.3) is 0 Å². The Labute approximate surface area is 99.4 Å². The van der Waals surface area contributed by atoms with Crippen LogP contribution < -0.4 is 5.73 Å². The molecular weight excluding hydrogens is 200 g/mol. The zero-order valence-corrected chi connectivity index (χ0v) is 11.0. The molecule has 3 heteroatoms. The Morgan fingerprint density at radius 1 is 1.44 bits per heavy atom. The van der Waals surface area contributed by atoms with Crippen molar-refractivity contribution in [1.82, 2.24) is 4.90 Å². The predicted molar refractivity (Wildman–Crippen MR) is 67.1 cm³/mol. The average Bonchev–Trinajstić information content (AvgIpc) is 2.10. The minimum absolute atomic E-state index is 0.232. The summed E-state index contributed by atoms with van der Waals surface area (Å²) in [5.74, 6) is 1.11. The van der Waals surface area contributed by atoms with Crippen LogP contribution in [0, 0.1) is 5.92 Å². The van der Waals surface area contributed by atoms with Crippen molar-refractivity contribution in [2.24, 2.45) is 11.7 Å². The van der Waals surface area contributed by atoms with Gasteiger partial charge in [-0.1, -0.05) is 19.3 Å². The Hall–Kier alpha value is -0.570. The quantitative estimate of drug-likeness (QED) is 0.754. The molecule has 0 atom stereocenters. The lowest BCUT2D eigenvalue weighted by Gasteiger charge is -2.28. The molecule has 0 radical (unpaired) electrons. The van der Waals surface area contributed by atoms with Crippen molar-refractivity contribution < 1.29 is 4.79 Å². The lowest BCUT2D eigenvalue weighted by Crippen LogP contribution is -2.35. The number of nitrogens with zero attached hydrogens (tertiary/aromatic N) is 1. The third-order valence-corrected chi connectivity index (χ3v) is 3.51. The Bertz CT molecular complexity index is 229. The average molecular weight is 226 g/mol. The summed E-state index contributed by atoms with van der Waals surface area (Å²) >= 11 is 0. The van der Waals surface area contributed by atoms with E-state index in [0.717, 1.165) is 18.9 Å². The highest BCUT2D eigenvalue weighted by molar-refractivity contribution is 5.75. The van der Waals surface area contributed by atoms with E-state index >= 15 is 0 Å². The predicted octanol–water partition coefficient (Wildman–Crippen LogP) is 2.15. The molecule has 0 spiro atoms. The van der Waals surface area contributed by atoms with Crippen LogP contribution in [-0.2, 0) is 4.79 Å². The van der Waals surface area contributed by atoms with Gasteiger partial charge in [0.05, 0.1) is 0 Å². The molecule has 1 saturated carbocycles. The molecule has 0 aliphatic heterocycles. The highest BCUT2D eigenvalue weighted by Crippen LogP contribution is 2.29. The van der Waals surface area contributed by atoms with Crippen molar-refractivity contribution in [3.63, 3.8) is 0 Å². The summed E-state index contributed by atoms with van der Waals surface area (Å²) in [7, 11) is 1.91. The van der Waals surface area contributed by atoms with Crippen molar-refractivity contribution in [3.05, 3.63) is 0 Å². The van der Waals surface area contributed by atoms with E-state index in [1.165, 1.54) is 25.7 Å². The number of carbonyl (C=O) groups is 1. The molecule has 0 saturated heterocycles. The molecule has 1 aliphatic rings. The van der Waals surface area contributed by atoms with E-state index in [1.807, 2.05) is 25.8 Å². The van der Waals surface area contributed by atoms with Crippen LogP contribution in [0.4, 0.5) is 0 Å². The number of amides is 1. The van der Waals surface area contributed by atoms with Gasteiger partial charge in [-0.05, 0) is 32.6 Å². The summed E-state index contributed by atoms with van der Waals surface area (Å²) in [6.45, 7) is 4.85. The van der Waals surface area contributed by atoms with E-state index in [4.69, 9.17) is 5.73 Å². The van der Waals surface area contributed by atoms with E-state index in [-0.39, 0.29) is 11.4 Å². The molecule has 0 bridgehead atoms. The SMILES string of the molecule is CN(CCC1CCC1)C(=O)CCC(C)(C)N. The lowest BCUT2D eigenvalue weighted by atomic mass is 9.83. The zero-order chi connectivity index (χ0) is 12.2. The summed E-state index contributed by atoms with van der Waals surface area (Å²) in [6, 6.07) is 0. The lowest BCUT2D eigenvalue weighted by molar-refractivity contribution is -0.130. The van der Waals surface area contributed by atoms with E-state index in [0.29, 0.717) is 6.42 Å². The maximum Gasteiger partial charge on any atom is 0.222 e. The second kappa shape index (κ2) is 5.67. The normalized spacial score (nSPS) is 17.0. The Balaban J connectivity index is 2.14. The number of rotatable bonds is 6. The van der Waals surface area contributed by atoms with Gasteiger partial charge in [0.15, 0.2) is 0 Å². The van der Waals surface area contributed by atoms with Gasteiger partial charge in [-0.15, -0.1) is 0 Å². The van der Waals surface area contributed by atoms with E-state index in [9.17, 15) is 4.79 Å². The van der Waals surface area contributed by atoms with Gasteiger partial charge < -0.3 is 10.6 Å². The van der Waals surface area contributed by atoms with Crippen LogP contribution in [0.2, 0.25) is 0 Å². The van der Waals surface area contributed by atoms with Crippen molar-refractivity contribution in [3.8, 4) is 0 Å². The van der Waals surface area contributed by atoms with Crippen LogP contribution in [0.1, 0.15) is 52.4 Å². The monoisotopic (exact) mass is 226 g/mol. The standard InChI is InChI=1S/C13H26N2O/c1-13(2,14)9-7-12(16)15(3)10-8-11-5-4-6-11/h11H,4-10,14H2,1-3H3. The molecule has 0 aromatic heterocycles. The summed E-state index contributed by atoms with van der Waals surface area (Å²) in [6.07, 6.45) is 6.61. The third-order valence-electron chi connectivity index (χ3n) is 3.51. The van der Waals surface area contributed by atoms with Gasteiger partial charge in [0.1, 0.15) is 0 Å². The molecule has 0 unspecified atom stereocenters. The first-order valence-electron chi connectivity index (χ1n) is 6.41. The molecule has 1 fully saturated rings. The van der Waals surface area contributed by atoms with Crippen molar-refractivity contribution in [1.29, 1.82) is 0 Å². The third kappa shape index (κ3) is 4.97. The van der Waals surface area contributed by atoms with Crippen LogP contribution in [0.5, 0.6) is 0 Å². The van der Waals surface area contributed by atoms with Crippen LogP contribution in [0.3, 0.4) is 0 Å². The fourth-order valence-corrected chi connectivity index (χ4v) is 1.90. The van der Waals surface area contributed by atoms with E-state index < -0.39 is 0 Å². The highest BCUT2D eigenvalue weighted by atomic mass is 16.2. The molecule has 0 aromatic carbocycles. The van der Waals surface area contributed by atoms with Gasteiger partial charge in [0.2, 0.25) is 5.91 Å². The Morgan fingerprint density at radius 3 is 2.50 bits per heavy atom. The molecule has 1 rings (SSSR count).